The molecule has 0 unspecified atom stereocenters. The lowest BCUT2D eigenvalue weighted by atomic mass is 10.0. The molecule has 0 heterocycles. The molecule has 0 aliphatic rings. The van der Waals surface area contributed by atoms with Gasteiger partial charge in [0.1, 0.15) is 5.75 Å². The lowest BCUT2D eigenvalue weighted by Gasteiger charge is -2.03. The first-order chi connectivity index (χ1) is 9.00. The minimum atomic E-state index is -0.256. The molecular weight excluding hydrogens is 184 g/mol. The van der Waals surface area contributed by atoms with E-state index in [1.165, 1.54) is 6.07 Å². The van der Waals surface area contributed by atoms with Crippen molar-refractivity contribution in [2.45, 2.75) is 0 Å². The zero-order chi connectivity index (χ0) is 13.7. The average molecular weight is 198 g/mol. The summed E-state index contributed by atoms with van der Waals surface area (Å²) in [7, 11) is 0. The molecule has 3 aromatic carbocycles. The molecule has 1 N–H and O–H groups in total. The number of fused-ring (bicyclic) bond motifs is 3. The van der Waals surface area contributed by atoms with Crippen LogP contribution < -0.4 is 0 Å². The fourth-order valence-corrected chi connectivity index (χ4v) is 1.74. The van der Waals surface area contributed by atoms with E-state index in [4.69, 9.17) is 5.48 Å². The standard InChI is InChI=1S/C14H10O/c15-12-8-7-11-6-5-10-3-1-2-4-13(10)14(11)9-12/h1-9,15H/i1D,2D,3D,4D. The van der Waals surface area contributed by atoms with Gasteiger partial charge in [0.05, 0.1) is 5.48 Å². The van der Waals surface area contributed by atoms with Crippen molar-refractivity contribution >= 4 is 21.5 Å². The predicted octanol–water partition coefficient (Wildman–Crippen LogP) is 3.70. The molecule has 3 aromatic rings. The zero-order valence-electron chi connectivity index (χ0n) is 11.8. The van der Waals surface area contributed by atoms with Crippen molar-refractivity contribution in [2.24, 2.45) is 0 Å². The van der Waals surface area contributed by atoms with Gasteiger partial charge in [-0.1, -0.05) is 42.4 Å². The summed E-state index contributed by atoms with van der Waals surface area (Å²) in [6, 6.07) is 7.66. The number of rotatable bonds is 0. The normalized spacial score (nSPS) is 14.7. The first-order valence-electron chi connectivity index (χ1n) is 6.62. The maximum Gasteiger partial charge on any atom is 0.116 e. The average Bonchev–Trinajstić information content (AvgIpc) is 2.41. The molecule has 0 bridgehead atoms. The summed E-state index contributed by atoms with van der Waals surface area (Å²) in [6.07, 6.45) is 0. The largest absolute Gasteiger partial charge is 0.508 e. The van der Waals surface area contributed by atoms with Crippen LogP contribution in [0.1, 0.15) is 5.48 Å². The van der Waals surface area contributed by atoms with Gasteiger partial charge in [-0.05, 0) is 33.7 Å². The maximum atomic E-state index is 9.58. The van der Waals surface area contributed by atoms with Gasteiger partial charge in [0.25, 0.3) is 0 Å². The molecule has 0 amide bonds. The fourth-order valence-electron chi connectivity index (χ4n) is 1.74. The van der Waals surface area contributed by atoms with Crippen LogP contribution in [0, 0.1) is 0 Å². The van der Waals surface area contributed by atoms with Crippen LogP contribution in [0.2, 0.25) is 0 Å². The summed E-state index contributed by atoms with van der Waals surface area (Å²) in [5.74, 6) is 0.0763. The SMILES string of the molecule is [2H]c1c([2H])c([2H])c2c(ccc3ccc(O)cc32)c1[2H]. The van der Waals surface area contributed by atoms with Crippen LogP contribution >= 0.6 is 0 Å². The highest BCUT2D eigenvalue weighted by Crippen LogP contribution is 2.27. The molecule has 0 saturated heterocycles. The Morgan fingerprint density at radius 2 is 1.60 bits per heavy atom. The van der Waals surface area contributed by atoms with Crippen LogP contribution in [0.5, 0.6) is 5.75 Å². The van der Waals surface area contributed by atoms with E-state index in [-0.39, 0.29) is 29.9 Å². The second-order valence-electron chi connectivity index (χ2n) is 3.39. The monoisotopic (exact) mass is 198 g/mol. The fraction of sp³-hybridized carbons (Fsp3) is 0. The summed E-state index contributed by atoms with van der Waals surface area (Å²) in [5.41, 5.74) is 0. The molecule has 0 radical (unpaired) electrons. The van der Waals surface area contributed by atoms with Gasteiger partial charge in [-0.3, -0.25) is 0 Å². The van der Waals surface area contributed by atoms with Crippen molar-refractivity contribution in [1.29, 1.82) is 0 Å². The Kier molecular flexibility index (Phi) is 1.03. The molecular formula is C14H10O. The minimum Gasteiger partial charge on any atom is -0.508 e. The van der Waals surface area contributed by atoms with Crippen molar-refractivity contribution in [1.82, 2.24) is 0 Å². The van der Waals surface area contributed by atoms with Crippen LogP contribution in [0.3, 0.4) is 0 Å². The number of phenolic OH excluding ortho intramolecular Hbond substituents is 1. The summed E-state index contributed by atoms with van der Waals surface area (Å²) in [5, 5.41) is 11.9. The maximum absolute atomic E-state index is 9.58. The molecule has 0 aromatic heterocycles. The minimum absolute atomic E-state index is 0.0544. The van der Waals surface area contributed by atoms with E-state index in [2.05, 4.69) is 0 Å². The highest BCUT2D eigenvalue weighted by Gasteiger charge is 2.00. The van der Waals surface area contributed by atoms with Crippen LogP contribution in [0.25, 0.3) is 21.5 Å². The van der Waals surface area contributed by atoms with E-state index in [1.807, 2.05) is 0 Å². The Bertz CT molecular complexity index is 827. The van der Waals surface area contributed by atoms with Crippen molar-refractivity contribution in [2.75, 3.05) is 0 Å². The zero-order valence-corrected chi connectivity index (χ0v) is 7.83. The third-order valence-electron chi connectivity index (χ3n) is 2.45. The Morgan fingerprint density at radius 3 is 2.53 bits per heavy atom. The third-order valence-corrected chi connectivity index (χ3v) is 2.45. The highest BCUT2D eigenvalue weighted by atomic mass is 16.3. The van der Waals surface area contributed by atoms with Gasteiger partial charge >= 0.3 is 0 Å². The van der Waals surface area contributed by atoms with Crippen LogP contribution in [0.4, 0.5) is 0 Å². The third kappa shape index (κ3) is 1.24. The van der Waals surface area contributed by atoms with E-state index in [9.17, 15) is 5.11 Å². The van der Waals surface area contributed by atoms with Gasteiger partial charge in [-0.2, -0.15) is 0 Å². The lowest BCUT2D eigenvalue weighted by molar-refractivity contribution is 0.476. The summed E-state index contributed by atoms with van der Waals surface area (Å²) in [4.78, 5) is 0. The molecule has 15 heavy (non-hydrogen) atoms. The molecule has 0 aliphatic heterocycles. The summed E-state index contributed by atoms with van der Waals surface area (Å²) < 4.78 is 31.3. The van der Waals surface area contributed by atoms with Gasteiger partial charge in [0.2, 0.25) is 0 Å². The Morgan fingerprint density at radius 1 is 0.867 bits per heavy atom. The Balaban J connectivity index is 2.65. The van der Waals surface area contributed by atoms with Crippen molar-refractivity contribution in [3.63, 3.8) is 0 Å². The van der Waals surface area contributed by atoms with Crippen molar-refractivity contribution in [3.8, 4) is 5.75 Å². The van der Waals surface area contributed by atoms with E-state index in [0.29, 0.717) is 16.2 Å². The molecule has 0 atom stereocenters. The molecule has 1 heteroatoms. The number of hydrogen-bond donors (Lipinski definition) is 1. The second kappa shape index (κ2) is 2.99. The first kappa shape index (κ1) is 5.17. The van der Waals surface area contributed by atoms with E-state index < -0.39 is 0 Å². The van der Waals surface area contributed by atoms with Crippen LogP contribution in [0.15, 0.2) is 54.5 Å². The summed E-state index contributed by atoms with van der Waals surface area (Å²) in [6.45, 7) is 0. The van der Waals surface area contributed by atoms with Gasteiger partial charge in [-0.25, -0.2) is 0 Å². The van der Waals surface area contributed by atoms with Crippen molar-refractivity contribution in [3.05, 3.63) is 54.5 Å². The van der Waals surface area contributed by atoms with E-state index in [0.717, 1.165) is 5.39 Å². The molecule has 1 nitrogen and oxygen atoms in total. The topological polar surface area (TPSA) is 20.2 Å². The molecule has 0 fully saturated rings. The number of aromatic hydroxyl groups is 1. The van der Waals surface area contributed by atoms with E-state index in [1.54, 1.807) is 24.3 Å². The second-order valence-corrected chi connectivity index (χ2v) is 3.39. The number of hydrogen-bond acceptors (Lipinski definition) is 1. The van der Waals surface area contributed by atoms with Crippen LogP contribution in [-0.2, 0) is 0 Å². The Hall–Kier alpha value is -2.02. The summed E-state index contributed by atoms with van der Waals surface area (Å²) >= 11 is 0. The van der Waals surface area contributed by atoms with Gasteiger partial charge < -0.3 is 5.11 Å². The number of phenols is 1. The van der Waals surface area contributed by atoms with Gasteiger partial charge in [0.15, 0.2) is 0 Å². The lowest BCUT2D eigenvalue weighted by Crippen LogP contribution is -1.76. The van der Waals surface area contributed by atoms with E-state index >= 15 is 0 Å². The molecule has 0 aliphatic carbocycles. The predicted molar refractivity (Wildman–Crippen MR) is 63.1 cm³/mol. The number of benzene rings is 3. The van der Waals surface area contributed by atoms with Crippen molar-refractivity contribution < 1.29 is 10.6 Å². The smallest absolute Gasteiger partial charge is 0.116 e. The van der Waals surface area contributed by atoms with Crippen LogP contribution in [-0.4, -0.2) is 5.11 Å². The van der Waals surface area contributed by atoms with Gasteiger partial charge in [-0.15, -0.1) is 0 Å². The molecule has 0 saturated carbocycles. The molecule has 3 rings (SSSR count). The highest BCUT2D eigenvalue weighted by molar-refractivity contribution is 6.07. The van der Waals surface area contributed by atoms with Gasteiger partial charge in [0, 0.05) is 0 Å². The Labute approximate surface area is 93.2 Å². The first-order valence-corrected chi connectivity index (χ1v) is 4.62. The quantitative estimate of drug-likeness (QED) is 0.546. The molecule has 0 spiro atoms. The molecule has 72 valence electrons.